The molecule has 0 aromatic heterocycles. The second-order valence-corrected chi connectivity index (χ2v) is 5.73. The average molecular weight is 260 g/mol. The van der Waals surface area contributed by atoms with Crippen LogP contribution in [0.2, 0.25) is 0 Å². The van der Waals surface area contributed by atoms with Gasteiger partial charge in [0.05, 0.1) is 24.3 Å². The van der Waals surface area contributed by atoms with Crippen LogP contribution >= 0.6 is 0 Å². The molecular formula is C16H26N3+. The van der Waals surface area contributed by atoms with Crippen LogP contribution in [0.15, 0.2) is 30.3 Å². The average Bonchev–Trinajstić information content (AvgIpc) is 2.84. The maximum absolute atomic E-state index is 2.42. The van der Waals surface area contributed by atoms with Crippen LogP contribution in [0.1, 0.15) is 34.1 Å². The smallest absolute Gasteiger partial charge is 0.258 e. The Bertz CT molecular complexity index is 413. The molecule has 0 bridgehead atoms. The van der Waals surface area contributed by atoms with Gasteiger partial charge in [0.25, 0.3) is 6.34 Å². The van der Waals surface area contributed by atoms with Crippen LogP contribution in [0, 0.1) is 0 Å². The molecule has 1 fully saturated rings. The number of hydrogen-bond donors (Lipinski definition) is 0. The third-order valence-electron chi connectivity index (χ3n) is 3.58. The summed E-state index contributed by atoms with van der Waals surface area (Å²) in [5.74, 6) is 0. The van der Waals surface area contributed by atoms with Crippen molar-refractivity contribution in [3.8, 4) is 0 Å². The van der Waals surface area contributed by atoms with Crippen molar-refractivity contribution in [2.24, 2.45) is 0 Å². The quantitative estimate of drug-likeness (QED) is 0.468. The SMILES string of the molecule is CC(C)[N+](=CN1CCCN1c1ccccc1)C(C)C. The number of anilines is 1. The number of hydrazine groups is 1. The van der Waals surface area contributed by atoms with Gasteiger partial charge in [0.2, 0.25) is 0 Å². The molecular weight excluding hydrogens is 234 g/mol. The summed E-state index contributed by atoms with van der Waals surface area (Å²) in [4.78, 5) is 0. The van der Waals surface area contributed by atoms with Gasteiger partial charge in [-0.1, -0.05) is 18.2 Å². The van der Waals surface area contributed by atoms with E-state index in [0.29, 0.717) is 12.1 Å². The van der Waals surface area contributed by atoms with Crippen molar-refractivity contribution in [2.45, 2.75) is 46.2 Å². The van der Waals surface area contributed by atoms with Crippen molar-refractivity contribution < 1.29 is 4.58 Å². The molecule has 0 unspecified atom stereocenters. The highest BCUT2D eigenvalue weighted by Gasteiger charge is 2.27. The van der Waals surface area contributed by atoms with E-state index in [1.165, 1.54) is 12.1 Å². The van der Waals surface area contributed by atoms with E-state index < -0.39 is 0 Å². The summed E-state index contributed by atoms with van der Waals surface area (Å²) >= 11 is 0. The van der Waals surface area contributed by atoms with Crippen molar-refractivity contribution in [1.29, 1.82) is 0 Å². The number of benzene rings is 1. The molecule has 1 aromatic carbocycles. The molecule has 104 valence electrons. The lowest BCUT2D eigenvalue weighted by molar-refractivity contribution is -0.587. The molecule has 0 aliphatic carbocycles. The van der Waals surface area contributed by atoms with Gasteiger partial charge in [0, 0.05) is 6.42 Å². The molecule has 0 radical (unpaired) electrons. The van der Waals surface area contributed by atoms with E-state index in [1.54, 1.807) is 0 Å². The summed E-state index contributed by atoms with van der Waals surface area (Å²) < 4.78 is 2.42. The van der Waals surface area contributed by atoms with Crippen LogP contribution in [0.5, 0.6) is 0 Å². The number of rotatable bonds is 4. The standard InChI is InChI=1S/C16H26N3/c1-14(2)18(15(3)4)13-17-11-8-12-19(17)16-9-6-5-7-10-16/h5-7,9-10,13-15H,8,11-12H2,1-4H3/q+1. The van der Waals surface area contributed by atoms with Crippen molar-refractivity contribution in [3.05, 3.63) is 30.3 Å². The molecule has 1 saturated heterocycles. The Labute approximate surface area is 117 Å². The summed E-state index contributed by atoms with van der Waals surface area (Å²) in [5, 5.41) is 4.73. The summed E-state index contributed by atoms with van der Waals surface area (Å²) in [6.45, 7) is 11.2. The molecule has 0 atom stereocenters. The highest BCUT2D eigenvalue weighted by Crippen LogP contribution is 2.20. The first-order valence-electron chi connectivity index (χ1n) is 7.31. The zero-order valence-electron chi connectivity index (χ0n) is 12.6. The lowest BCUT2D eigenvalue weighted by Gasteiger charge is -2.24. The van der Waals surface area contributed by atoms with Crippen LogP contribution in [-0.4, -0.2) is 41.1 Å². The summed E-state index contributed by atoms with van der Waals surface area (Å²) in [6, 6.07) is 11.7. The maximum Gasteiger partial charge on any atom is 0.258 e. The van der Waals surface area contributed by atoms with Crippen LogP contribution < -0.4 is 5.01 Å². The third-order valence-corrected chi connectivity index (χ3v) is 3.58. The van der Waals surface area contributed by atoms with Gasteiger partial charge in [-0.2, -0.15) is 5.01 Å². The molecule has 1 heterocycles. The van der Waals surface area contributed by atoms with Gasteiger partial charge in [-0.15, -0.1) is 0 Å². The fraction of sp³-hybridized carbons (Fsp3) is 0.562. The van der Waals surface area contributed by atoms with Gasteiger partial charge in [-0.3, -0.25) is 4.58 Å². The van der Waals surface area contributed by atoms with Crippen molar-refractivity contribution in [2.75, 3.05) is 18.1 Å². The van der Waals surface area contributed by atoms with Gasteiger partial charge in [0.1, 0.15) is 6.54 Å². The lowest BCUT2D eigenvalue weighted by atomic mass is 10.3. The highest BCUT2D eigenvalue weighted by molar-refractivity contribution is 5.57. The lowest BCUT2D eigenvalue weighted by Crippen LogP contribution is -2.41. The van der Waals surface area contributed by atoms with Crippen molar-refractivity contribution in [3.63, 3.8) is 0 Å². The number of nitrogens with zero attached hydrogens (tertiary/aromatic N) is 3. The zero-order valence-corrected chi connectivity index (χ0v) is 12.6. The Morgan fingerprint density at radius 3 is 2.21 bits per heavy atom. The first kappa shape index (κ1) is 13.9. The van der Waals surface area contributed by atoms with Gasteiger partial charge in [-0.25, -0.2) is 5.01 Å². The molecule has 0 N–H and O–H groups in total. The second-order valence-electron chi connectivity index (χ2n) is 5.73. The van der Waals surface area contributed by atoms with Crippen molar-refractivity contribution in [1.82, 2.24) is 5.01 Å². The summed E-state index contributed by atoms with van der Waals surface area (Å²) in [7, 11) is 0. The normalized spacial score (nSPS) is 15.5. The van der Waals surface area contributed by atoms with Crippen LogP contribution in [0.25, 0.3) is 0 Å². The second kappa shape index (κ2) is 6.09. The molecule has 3 heteroatoms. The molecule has 3 nitrogen and oxygen atoms in total. The van der Waals surface area contributed by atoms with Crippen LogP contribution in [0.4, 0.5) is 5.69 Å². The molecule has 1 aliphatic rings. The van der Waals surface area contributed by atoms with Gasteiger partial charge < -0.3 is 0 Å². The van der Waals surface area contributed by atoms with Gasteiger partial charge in [-0.05, 0) is 39.8 Å². The molecule has 19 heavy (non-hydrogen) atoms. The predicted octanol–water partition coefficient (Wildman–Crippen LogP) is 2.97. The van der Waals surface area contributed by atoms with E-state index in [9.17, 15) is 0 Å². The highest BCUT2D eigenvalue weighted by atomic mass is 15.6. The molecule has 1 aliphatic heterocycles. The minimum Gasteiger partial charge on any atom is -0.262 e. The Morgan fingerprint density at radius 1 is 1.00 bits per heavy atom. The Morgan fingerprint density at radius 2 is 1.63 bits per heavy atom. The van der Waals surface area contributed by atoms with Crippen molar-refractivity contribution >= 4 is 12.0 Å². The van der Waals surface area contributed by atoms with Gasteiger partial charge >= 0.3 is 0 Å². The fourth-order valence-electron chi connectivity index (χ4n) is 2.65. The Balaban J connectivity index is 2.21. The minimum absolute atomic E-state index is 0.526. The molecule has 1 aromatic rings. The summed E-state index contributed by atoms with van der Waals surface area (Å²) in [5.41, 5.74) is 1.28. The third kappa shape index (κ3) is 3.28. The van der Waals surface area contributed by atoms with E-state index >= 15 is 0 Å². The first-order valence-corrected chi connectivity index (χ1v) is 7.31. The van der Waals surface area contributed by atoms with Crippen LogP contribution in [0.3, 0.4) is 0 Å². The largest absolute Gasteiger partial charge is 0.262 e. The van der Waals surface area contributed by atoms with E-state index in [0.717, 1.165) is 13.1 Å². The molecule has 0 amide bonds. The van der Waals surface area contributed by atoms with E-state index in [4.69, 9.17) is 0 Å². The molecule has 2 rings (SSSR count). The maximum atomic E-state index is 2.42. The number of hydrogen-bond acceptors (Lipinski definition) is 1. The molecule has 0 spiro atoms. The zero-order chi connectivity index (χ0) is 13.8. The van der Waals surface area contributed by atoms with E-state index in [1.807, 2.05) is 0 Å². The number of para-hydroxylation sites is 1. The molecule has 0 saturated carbocycles. The Kier molecular flexibility index (Phi) is 4.46. The Hall–Kier alpha value is -1.51. The predicted molar refractivity (Wildman–Crippen MR) is 81.7 cm³/mol. The topological polar surface area (TPSA) is 9.49 Å². The van der Waals surface area contributed by atoms with Crippen LogP contribution in [-0.2, 0) is 0 Å². The fourth-order valence-corrected chi connectivity index (χ4v) is 2.65. The first-order chi connectivity index (χ1) is 9.09. The van der Waals surface area contributed by atoms with Gasteiger partial charge in [0.15, 0.2) is 0 Å². The monoisotopic (exact) mass is 260 g/mol. The summed E-state index contributed by atoms with van der Waals surface area (Å²) in [6.07, 6.45) is 3.50. The van der Waals surface area contributed by atoms with E-state index in [-0.39, 0.29) is 0 Å². The minimum atomic E-state index is 0.526. The van der Waals surface area contributed by atoms with E-state index in [2.05, 4.69) is 79.0 Å².